The minimum absolute atomic E-state index is 0.0516. The van der Waals surface area contributed by atoms with Gasteiger partial charge in [-0.25, -0.2) is 26.9 Å². The fourth-order valence-electron chi connectivity index (χ4n) is 3.94. The molecular weight excluding hydrogens is 399 g/mol. The molecule has 2 atom stereocenters. The Bertz CT molecular complexity index is 1090. The Morgan fingerprint density at radius 2 is 1.68 bits per heavy atom. The van der Waals surface area contributed by atoms with Crippen molar-refractivity contribution in [3.63, 3.8) is 0 Å². The summed E-state index contributed by atoms with van der Waals surface area (Å²) < 4.78 is 72.1. The number of rotatable bonds is 3. The molecule has 146 valence electrons. The van der Waals surface area contributed by atoms with Gasteiger partial charge in [-0.05, 0) is 32.4 Å². The number of nitrogens with zero attached hydrogens (tertiary/aromatic N) is 2. The molecule has 2 nitrogen and oxygen atoms in total. The maximum absolute atomic E-state index is 14.7. The number of hydrogen-bond acceptors (Lipinski definition) is 1. The van der Waals surface area contributed by atoms with Crippen molar-refractivity contribution in [2.75, 3.05) is 0 Å². The van der Waals surface area contributed by atoms with E-state index in [-0.39, 0.29) is 34.2 Å². The van der Waals surface area contributed by atoms with Gasteiger partial charge in [0.1, 0.15) is 35.1 Å². The molecule has 1 saturated carbocycles. The molecule has 0 N–H and O–H groups in total. The van der Waals surface area contributed by atoms with Crippen LogP contribution in [-0.2, 0) is 5.41 Å². The highest BCUT2D eigenvalue weighted by Crippen LogP contribution is 2.58. The summed E-state index contributed by atoms with van der Waals surface area (Å²) in [7, 11) is 0. The first kappa shape index (κ1) is 18.9. The van der Waals surface area contributed by atoms with E-state index in [1.54, 1.807) is 13.8 Å². The largest absolute Gasteiger partial charge is 0.295 e. The fourth-order valence-corrected chi connectivity index (χ4v) is 4.22. The summed E-state index contributed by atoms with van der Waals surface area (Å²) in [5, 5.41) is -0.231. The Morgan fingerprint density at radius 3 is 2.25 bits per heavy atom. The molecule has 0 saturated heterocycles. The maximum Gasteiger partial charge on any atom is 0.151 e. The predicted molar refractivity (Wildman–Crippen MR) is 94.6 cm³/mol. The highest BCUT2D eigenvalue weighted by atomic mass is 35.5. The van der Waals surface area contributed by atoms with Crippen LogP contribution < -0.4 is 0 Å². The van der Waals surface area contributed by atoms with Gasteiger partial charge in [-0.1, -0.05) is 17.7 Å². The van der Waals surface area contributed by atoms with Crippen molar-refractivity contribution in [1.29, 1.82) is 0 Å². The molecule has 28 heavy (non-hydrogen) atoms. The maximum atomic E-state index is 14.7. The number of aryl methyl sites for hydroxylation is 2. The number of hydrogen-bond donors (Lipinski definition) is 0. The van der Waals surface area contributed by atoms with Crippen molar-refractivity contribution in [3.8, 4) is 5.69 Å². The molecule has 0 amide bonds. The Labute approximate surface area is 162 Å². The van der Waals surface area contributed by atoms with Crippen molar-refractivity contribution in [1.82, 2.24) is 9.55 Å². The van der Waals surface area contributed by atoms with Crippen LogP contribution in [0.5, 0.6) is 0 Å². The zero-order chi connectivity index (χ0) is 20.4. The lowest BCUT2D eigenvalue weighted by atomic mass is 9.89. The molecule has 1 heterocycles. The molecule has 0 bridgehead atoms. The first-order chi connectivity index (χ1) is 13.2. The average Bonchev–Trinajstić information content (AvgIpc) is 3.14. The number of benzene rings is 2. The van der Waals surface area contributed by atoms with E-state index in [9.17, 15) is 22.0 Å². The van der Waals surface area contributed by atoms with Crippen molar-refractivity contribution in [3.05, 3.63) is 81.4 Å². The van der Waals surface area contributed by atoms with E-state index in [4.69, 9.17) is 11.6 Å². The highest BCUT2D eigenvalue weighted by Gasteiger charge is 2.62. The number of halogens is 6. The van der Waals surface area contributed by atoms with Crippen LogP contribution in [-0.4, -0.2) is 15.7 Å². The second kappa shape index (κ2) is 6.30. The van der Waals surface area contributed by atoms with E-state index >= 15 is 0 Å². The molecule has 2 unspecified atom stereocenters. The summed E-state index contributed by atoms with van der Waals surface area (Å²) in [6, 6.07) is 4.49. The lowest BCUT2D eigenvalue weighted by Gasteiger charge is -2.22. The zero-order valence-electron chi connectivity index (χ0n) is 14.8. The first-order valence-electron chi connectivity index (χ1n) is 8.47. The minimum Gasteiger partial charge on any atom is -0.295 e. The summed E-state index contributed by atoms with van der Waals surface area (Å²) in [5.74, 6) is -3.24. The quantitative estimate of drug-likeness (QED) is 0.502. The van der Waals surface area contributed by atoms with Crippen molar-refractivity contribution < 1.29 is 22.0 Å². The molecule has 0 spiro atoms. The van der Waals surface area contributed by atoms with E-state index in [1.165, 1.54) is 10.6 Å². The molecule has 3 aromatic rings. The molecule has 1 fully saturated rings. The summed E-state index contributed by atoms with van der Waals surface area (Å²) >= 11 is 6.08. The van der Waals surface area contributed by atoms with Crippen LogP contribution >= 0.6 is 11.6 Å². The summed E-state index contributed by atoms with van der Waals surface area (Å²) in [6.07, 6.45) is -1.56. The number of alkyl halides is 1. The van der Waals surface area contributed by atoms with E-state index < -0.39 is 34.9 Å². The van der Waals surface area contributed by atoms with Gasteiger partial charge < -0.3 is 0 Å². The predicted octanol–water partition coefficient (Wildman–Crippen LogP) is 5.73. The monoisotopic (exact) mass is 412 g/mol. The van der Waals surface area contributed by atoms with Gasteiger partial charge in [0.25, 0.3) is 0 Å². The fraction of sp³-hybridized carbons (Fsp3) is 0.250. The first-order valence-corrected chi connectivity index (χ1v) is 8.85. The lowest BCUT2D eigenvalue weighted by molar-refractivity contribution is 0.428. The molecule has 8 heteroatoms. The van der Waals surface area contributed by atoms with E-state index in [0.29, 0.717) is 17.8 Å². The van der Waals surface area contributed by atoms with Gasteiger partial charge in [0.2, 0.25) is 0 Å². The number of aromatic nitrogens is 2. The normalized spacial score (nSPS) is 21.2. The van der Waals surface area contributed by atoms with E-state index in [1.807, 2.05) is 0 Å². The molecule has 2 aromatic carbocycles. The third-order valence-corrected chi connectivity index (χ3v) is 5.42. The topological polar surface area (TPSA) is 17.8 Å². The SMILES string of the molecule is Cc1nc(C)n(-c2c(F)cc(F)cc2Cl)c1C1(c2ccc(F)cc2F)CC1F. The Hall–Kier alpha value is -2.41. The van der Waals surface area contributed by atoms with E-state index in [2.05, 4.69) is 4.98 Å². The molecule has 4 rings (SSSR count). The Balaban J connectivity index is 2.03. The smallest absolute Gasteiger partial charge is 0.151 e. The van der Waals surface area contributed by atoms with Crippen LogP contribution in [0.15, 0.2) is 30.3 Å². The van der Waals surface area contributed by atoms with Crippen LogP contribution in [0, 0.1) is 37.1 Å². The van der Waals surface area contributed by atoms with Crippen LogP contribution in [0.1, 0.15) is 29.2 Å². The average molecular weight is 413 g/mol. The van der Waals surface area contributed by atoms with Gasteiger partial charge in [0.05, 0.1) is 21.8 Å². The minimum atomic E-state index is -1.48. The third kappa shape index (κ3) is 2.64. The van der Waals surface area contributed by atoms with Crippen LogP contribution in [0.25, 0.3) is 5.69 Å². The zero-order valence-corrected chi connectivity index (χ0v) is 15.6. The highest BCUT2D eigenvalue weighted by molar-refractivity contribution is 6.32. The van der Waals surface area contributed by atoms with E-state index in [0.717, 1.165) is 12.1 Å². The summed E-state index contributed by atoms with van der Waals surface area (Å²) in [4.78, 5) is 4.29. The summed E-state index contributed by atoms with van der Waals surface area (Å²) in [6.45, 7) is 3.14. The molecule has 0 aliphatic heterocycles. The van der Waals surface area contributed by atoms with Crippen molar-refractivity contribution in [2.24, 2.45) is 0 Å². The third-order valence-electron chi connectivity index (χ3n) is 5.13. The van der Waals surface area contributed by atoms with Gasteiger partial charge in [-0.2, -0.15) is 0 Å². The molecule has 0 radical (unpaired) electrons. The van der Waals surface area contributed by atoms with Gasteiger partial charge in [-0.3, -0.25) is 4.57 Å². The summed E-state index contributed by atoms with van der Waals surface area (Å²) in [5.41, 5.74) is -1.16. The standard InChI is InChI=1S/C20H14ClF5N2/c1-9-19(20(8-17(20)26)13-4-3-11(22)6-15(13)24)28(10(2)27-9)18-14(21)5-12(23)7-16(18)25/h3-7,17H,8H2,1-2H3. The Morgan fingerprint density at radius 1 is 1.04 bits per heavy atom. The van der Waals surface area contributed by atoms with Crippen LogP contribution in [0.3, 0.4) is 0 Å². The molecular formula is C20H14ClF5N2. The molecule has 1 aromatic heterocycles. The van der Waals surface area contributed by atoms with Crippen LogP contribution in [0.4, 0.5) is 22.0 Å². The second-order valence-electron chi connectivity index (χ2n) is 6.91. The molecule has 1 aliphatic carbocycles. The van der Waals surface area contributed by atoms with Crippen molar-refractivity contribution in [2.45, 2.75) is 31.9 Å². The van der Waals surface area contributed by atoms with Gasteiger partial charge in [0, 0.05) is 17.7 Å². The van der Waals surface area contributed by atoms with Crippen LogP contribution in [0.2, 0.25) is 5.02 Å². The lowest BCUT2D eigenvalue weighted by Crippen LogP contribution is -2.22. The van der Waals surface area contributed by atoms with Gasteiger partial charge >= 0.3 is 0 Å². The number of imidazole rings is 1. The second-order valence-corrected chi connectivity index (χ2v) is 7.32. The van der Waals surface area contributed by atoms with Crippen molar-refractivity contribution >= 4 is 11.6 Å². The Kier molecular flexibility index (Phi) is 4.26. The van der Waals surface area contributed by atoms with Gasteiger partial charge in [-0.15, -0.1) is 0 Å². The molecule has 1 aliphatic rings. The van der Waals surface area contributed by atoms with Gasteiger partial charge in [0.15, 0.2) is 5.82 Å².